The fourth-order valence-corrected chi connectivity index (χ4v) is 5.98. The first-order valence-corrected chi connectivity index (χ1v) is 13.1. The summed E-state index contributed by atoms with van der Waals surface area (Å²) in [4.78, 5) is 22.8. The summed E-state index contributed by atoms with van der Waals surface area (Å²) in [6, 6.07) is 10.4. The lowest BCUT2D eigenvalue weighted by atomic mass is 9.86. The Morgan fingerprint density at radius 2 is 2.03 bits per heavy atom. The Bertz CT molecular complexity index is 1050. The van der Waals surface area contributed by atoms with Crippen molar-refractivity contribution < 1.29 is 14.6 Å². The largest absolute Gasteiger partial charge is 0.394 e. The van der Waals surface area contributed by atoms with Crippen molar-refractivity contribution in [1.82, 2.24) is 4.98 Å². The van der Waals surface area contributed by atoms with Crippen LogP contribution in [0.15, 0.2) is 36.5 Å². The molecule has 1 saturated heterocycles. The number of rotatable bonds is 5. The second-order valence-corrected chi connectivity index (χ2v) is 10.8. The van der Waals surface area contributed by atoms with Crippen LogP contribution < -0.4 is 15.1 Å². The minimum Gasteiger partial charge on any atom is -0.394 e. The number of anilines is 4. The van der Waals surface area contributed by atoms with Crippen molar-refractivity contribution in [2.75, 3.05) is 28.3 Å². The monoisotopic (exact) mass is 478 g/mol. The van der Waals surface area contributed by atoms with Crippen molar-refractivity contribution in [3.8, 4) is 0 Å². The van der Waals surface area contributed by atoms with Gasteiger partial charge in [0, 0.05) is 29.9 Å². The van der Waals surface area contributed by atoms with Crippen molar-refractivity contribution >= 4 is 28.8 Å². The van der Waals surface area contributed by atoms with Crippen molar-refractivity contribution in [2.24, 2.45) is 11.8 Å². The average Bonchev–Trinajstić information content (AvgIpc) is 3.15. The summed E-state index contributed by atoms with van der Waals surface area (Å²) in [7, 11) is 0. The van der Waals surface area contributed by atoms with Crippen LogP contribution in [0.5, 0.6) is 0 Å². The number of aliphatic hydroxyl groups excluding tert-OH is 1. The predicted octanol–water partition coefficient (Wildman–Crippen LogP) is 4.86. The van der Waals surface area contributed by atoms with E-state index in [0.29, 0.717) is 12.5 Å². The summed E-state index contributed by atoms with van der Waals surface area (Å²) in [6.45, 7) is 7.92. The van der Waals surface area contributed by atoms with Crippen LogP contribution in [-0.2, 0) is 16.1 Å². The van der Waals surface area contributed by atoms with E-state index in [1.807, 2.05) is 17.0 Å². The number of ether oxygens (including phenoxy) is 1. The van der Waals surface area contributed by atoms with E-state index in [1.54, 1.807) is 6.20 Å². The Balaban J connectivity index is 1.45. The van der Waals surface area contributed by atoms with Crippen LogP contribution in [0.25, 0.3) is 0 Å². The molecule has 0 unspecified atom stereocenters. The molecule has 0 spiro atoms. The molecule has 7 heteroatoms. The van der Waals surface area contributed by atoms with E-state index in [0.717, 1.165) is 67.1 Å². The fraction of sp³-hybridized carbons (Fsp3) is 0.571. The van der Waals surface area contributed by atoms with E-state index in [4.69, 9.17) is 4.74 Å². The average molecular weight is 479 g/mol. The molecule has 1 aromatic heterocycles. The van der Waals surface area contributed by atoms with E-state index in [2.05, 4.69) is 54.2 Å². The molecule has 2 aromatic rings. The topological polar surface area (TPSA) is 77.9 Å². The number of pyridine rings is 1. The maximum absolute atomic E-state index is 14.0. The summed E-state index contributed by atoms with van der Waals surface area (Å²) in [5, 5.41) is 13.4. The van der Waals surface area contributed by atoms with Crippen LogP contribution in [-0.4, -0.2) is 47.4 Å². The molecular formula is C28H38N4O3. The molecule has 1 amide bonds. The third kappa shape index (κ3) is 5.02. The summed E-state index contributed by atoms with van der Waals surface area (Å²) in [6.07, 6.45) is 6.79. The number of carbonyl (C=O) groups excluding carboxylic acids is 1. The minimum absolute atomic E-state index is 0.00580. The van der Waals surface area contributed by atoms with Crippen molar-refractivity contribution in [2.45, 2.75) is 77.7 Å². The summed E-state index contributed by atoms with van der Waals surface area (Å²) < 4.78 is 6.02. The molecule has 35 heavy (non-hydrogen) atoms. The number of hydrogen-bond acceptors (Lipinski definition) is 6. The molecule has 0 bridgehead atoms. The number of amides is 1. The molecule has 1 aliphatic carbocycles. The Morgan fingerprint density at radius 3 is 2.77 bits per heavy atom. The molecule has 188 valence electrons. The predicted molar refractivity (Wildman–Crippen MR) is 139 cm³/mol. The van der Waals surface area contributed by atoms with Gasteiger partial charge in [0.05, 0.1) is 42.8 Å². The number of carbonyl (C=O) groups is 1. The lowest BCUT2D eigenvalue weighted by molar-refractivity contribution is -0.124. The van der Waals surface area contributed by atoms with Crippen LogP contribution in [0.2, 0.25) is 0 Å². The van der Waals surface area contributed by atoms with Crippen LogP contribution in [0.4, 0.5) is 22.9 Å². The zero-order chi connectivity index (χ0) is 24.5. The maximum Gasteiger partial charge on any atom is 0.230 e. The molecule has 1 saturated carbocycles. The van der Waals surface area contributed by atoms with Gasteiger partial charge in [-0.3, -0.25) is 4.79 Å². The van der Waals surface area contributed by atoms with Crippen molar-refractivity contribution in [1.29, 1.82) is 0 Å². The zero-order valence-electron chi connectivity index (χ0n) is 21.1. The smallest absolute Gasteiger partial charge is 0.230 e. The van der Waals surface area contributed by atoms with Gasteiger partial charge in [-0.15, -0.1) is 0 Å². The second kappa shape index (κ2) is 10.2. The lowest BCUT2D eigenvalue weighted by Gasteiger charge is -2.33. The van der Waals surface area contributed by atoms with Crippen molar-refractivity contribution in [3.05, 3.63) is 42.1 Å². The molecule has 1 aromatic carbocycles. The molecule has 0 radical (unpaired) electrons. The van der Waals surface area contributed by atoms with Crippen molar-refractivity contribution in [3.63, 3.8) is 0 Å². The normalized spacial score (nSPS) is 26.2. The molecule has 5 rings (SSSR count). The zero-order valence-corrected chi connectivity index (χ0v) is 21.1. The Hall–Kier alpha value is -2.64. The van der Waals surface area contributed by atoms with E-state index in [9.17, 15) is 9.90 Å². The molecule has 2 aliphatic heterocycles. The molecule has 2 N–H and O–H groups in total. The number of benzene rings is 1. The Labute approximate surface area is 208 Å². The van der Waals surface area contributed by atoms with Crippen LogP contribution in [0, 0.1) is 11.8 Å². The van der Waals surface area contributed by atoms with E-state index < -0.39 is 0 Å². The maximum atomic E-state index is 14.0. The van der Waals surface area contributed by atoms with Gasteiger partial charge in [-0.2, -0.15) is 0 Å². The highest BCUT2D eigenvalue weighted by Crippen LogP contribution is 2.41. The highest BCUT2D eigenvalue weighted by Gasteiger charge is 2.35. The van der Waals surface area contributed by atoms with Gasteiger partial charge in [0.25, 0.3) is 0 Å². The van der Waals surface area contributed by atoms with E-state index >= 15 is 0 Å². The van der Waals surface area contributed by atoms with Gasteiger partial charge < -0.3 is 25.0 Å². The van der Waals surface area contributed by atoms with Gasteiger partial charge in [-0.1, -0.05) is 13.0 Å². The molecular weight excluding hydrogens is 440 g/mol. The number of aromatic nitrogens is 1. The summed E-state index contributed by atoms with van der Waals surface area (Å²) in [5.74, 6) is 1.50. The molecule has 2 fully saturated rings. The number of nitrogens with one attached hydrogen (secondary N) is 1. The first-order valence-electron chi connectivity index (χ1n) is 13.1. The number of aliphatic hydroxyl groups is 1. The summed E-state index contributed by atoms with van der Waals surface area (Å²) >= 11 is 0. The van der Waals surface area contributed by atoms with Gasteiger partial charge in [0.1, 0.15) is 5.82 Å². The van der Waals surface area contributed by atoms with E-state index in [-0.39, 0.29) is 36.7 Å². The molecule has 2 atom stereocenters. The number of fused-ring (bicyclic) bond motifs is 2. The molecule has 3 heterocycles. The number of nitrogens with zero attached hydrogens (tertiary/aromatic N) is 3. The van der Waals surface area contributed by atoms with Gasteiger partial charge in [0.15, 0.2) is 0 Å². The quantitative estimate of drug-likeness (QED) is 0.639. The van der Waals surface area contributed by atoms with Gasteiger partial charge in [-0.05, 0) is 76.1 Å². The lowest BCUT2D eigenvalue weighted by Crippen LogP contribution is -2.39. The highest BCUT2D eigenvalue weighted by molar-refractivity contribution is 6.00. The van der Waals surface area contributed by atoms with Crippen LogP contribution in [0.3, 0.4) is 0 Å². The molecule has 3 aliphatic rings. The highest BCUT2D eigenvalue weighted by atomic mass is 16.5. The second-order valence-electron chi connectivity index (χ2n) is 10.8. The minimum atomic E-state index is -0.00580. The van der Waals surface area contributed by atoms with E-state index in [1.165, 1.54) is 0 Å². The number of hydrogen-bond donors (Lipinski definition) is 2. The van der Waals surface area contributed by atoms with Gasteiger partial charge >= 0.3 is 0 Å². The van der Waals surface area contributed by atoms with Gasteiger partial charge in [0.2, 0.25) is 5.91 Å². The Morgan fingerprint density at radius 1 is 1.23 bits per heavy atom. The van der Waals surface area contributed by atoms with Crippen LogP contribution in [0.1, 0.15) is 58.4 Å². The van der Waals surface area contributed by atoms with Gasteiger partial charge in [-0.25, -0.2) is 4.98 Å². The third-order valence-electron chi connectivity index (χ3n) is 7.66. The third-order valence-corrected chi connectivity index (χ3v) is 7.66. The Kier molecular flexibility index (Phi) is 6.98. The SMILES string of the molecule is CC(C)O[C@H]1CC[C@H](C(=O)N2Cc3cccnc3Nc3ccc(N4C[C@@H](C)C[C@H]4CO)cc32)CC1. The molecule has 7 nitrogen and oxygen atoms in total. The summed E-state index contributed by atoms with van der Waals surface area (Å²) in [5.41, 5.74) is 3.85. The fourth-order valence-electron chi connectivity index (χ4n) is 5.98. The van der Waals surface area contributed by atoms with Crippen LogP contribution >= 0.6 is 0 Å². The first-order chi connectivity index (χ1) is 16.9. The standard InChI is InChI=1S/C28H38N4O3/c1-18(2)35-24-9-6-20(7-10-24)28(34)32-16-21-5-4-12-29-27(21)30-25-11-8-22(14-26(25)32)31-15-19(3)13-23(31)17-33/h4-5,8,11-12,14,18-20,23-24,33H,6-7,9-10,13,15-17H2,1-3H3,(H,29,30)/t19-,20-,23-,24-/m0/s1. The first kappa shape index (κ1) is 24.1.